The fourth-order valence-electron chi connectivity index (χ4n) is 4.93. The molecule has 0 radical (unpaired) electrons. The molecule has 1 aliphatic rings. The van der Waals surface area contributed by atoms with Crippen LogP contribution in [0.2, 0.25) is 0 Å². The van der Waals surface area contributed by atoms with Crippen LogP contribution >= 0.6 is 0 Å². The first kappa shape index (κ1) is 31.4. The molecule has 5 atom stereocenters. The zero-order valence-electron chi connectivity index (χ0n) is 21.4. The molecule has 0 aromatic carbocycles. The zero-order valence-corrected chi connectivity index (χ0v) is 21.4. The predicted octanol–water partition coefficient (Wildman–Crippen LogP) is 4.66. The number of hydrogen-bond donors (Lipinski definition) is 3. The lowest BCUT2D eigenvalue weighted by Crippen LogP contribution is -2.35. The van der Waals surface area contributed by atoms with Crippen molar-refractivity contribution in [2.45, 2.75) is 122 Å². The summed E-state index contributed by atoms with van der Waals surface area (Å²) in [5, 5.41) is 26.9. The Hall–Kier alpha value is -2.60. The zero-order chi connectivity index (χ0) is 26.9. The number of rotatable bonds is 20. The molecule has 1 fully saturated rings. The number of unbranched alkanes of at least 4 members (excludes halogenated alkanes) is 4. The average molecular weight is 511 g/mol. The van der Waals surface area contributed by atoms with E-state index in [2.05, 4.69) is 5.92 Å². The van der Waals surface area contributed by atoms with E-state index < -0.39 is 30.1 Å². The third kappa shape index (κ3) is 12.4. The molecule has 1 saturated heterocycles. The monoisotopic (exact) mass is 510 g/mol. The smallest absolute Gasteiger partial charge is 0.307 e. The summed E-state index contributed by atoms with van der Waals surface area (Å²) in [4.78, 5) is 45.1. The highest BCUT2D eigenvalue weighted by Crippen LogP contribution is 2.43. The molecule has 0 saturated carbocycles. The first-order chi connectivity index (χ1) is 17.2. The molecule has 204 valence electrons. The summed E-state index contributed by atoms with van der Waals surface area (Å²) >= 11 is 0. The third-order valence-corrected chi connectivity index (χ3v) is 6.72. The number of carboxylic acids is 3. The normalized spacial score (nSPS) is 22.0. The van der Waals surface area contributed by atoms with Crippen molar-refractivity contribution >= 4 is 23.9 Å². The Bertz CT molecular complexity index is 742. The molecule has 3 N–H and O–H groups in total. The Morgan fingerprint density at radius 3 is 1.75 bits per heavy atom. The molecular formula is C27H42O9. The summed E-state index contributed by atoms with van der Waals surface area (Å²) in [6, 6.07) is 0. The molecule has 0 spiro atoms. The fraction of sp³-hybridized carbons (Fsp3) is 0.778. The Labute approximate surface area is 213 Å². The van der Waals surface area contributed by atoms with E-state index in [-0.39, 0.29) is 49.6 Å². The van der Waals surface area contributed by atoms with Gasteiger partial charge >= 0.3 is 23.9 Å². The van der Waals surface area contributed by atoms with Crippen molar-refractivity contribution in [3.05, 3.63) is 0 Å². The van der Waals surface area contributed by atoms with E-state index in [1.165, 1.54) is 0 Å². The quantitative estimate of drug-likeness (QED) is 0.121. The lowest BCUT2D eigenvalue weighted by Gasteiger charge is -2.27. The Kier molecular flexibility index (Phi) is 15.5. The van der Waals surface area contributed by atoms with Crippen molar-refractivity contribution < 1.29 is 44.0 Å². The molecule has 0 aromatic rings. The Morgan fingerprint density at radius 1 is 0.778 bits per heavy atom. The maximum absolute atomic E-state index is 12.3. The lowest BCUT2D eigenvalue weighted by molar-refractivity contribution is -0.154. The minimum atomic E-state index is -0.871. The van der Waals surface area contributed by atoms with E-state index in [0.29, 0.717) is 64.2 Å². The van der Waals surface area contributed by atoms with Crippen LogP contribution in [0.4, 0.5) is 0 Å². The molecule has 0 aliphatic carbocycles. The highest BCUT2D eigenvalue weighted by molar-refractivity contribution is 5.70. The molecule has 36 heavy (non-hydrogen) atoms. The van der Waals surface area contributed by atoms with Crippen LogP contribution in [-0.2, 0) is 28.7 Å². The van der Waals surface area contributed by atoms with E-state index >= 15 is 0 Å². The van der Waals surface area contributed by atoms with Crippen LogP contribution in [0.3, 0.4) is 0 Å². The fourth-order valence-corrected chi connectivity index (χ4v) is 4.93. The van der Waals surface area contributed by atoms with Crippen LogP contribution < -0.4 is 0 Å². The molecule has 9 nitrogen and oxygen atoms in total. The number of esters is 1. The van der Waals surface area contributed by atoms with Gasteiger partial charge < -0.3 is 24.8 Å². The molecule has 0 amide bonds. The summed E-state index contributed by atoms with van der Waals surface area (Å²) in [6.07, 6.45) is 11.7. The Balaban J connectivity index is 3.03. The first-order valence-corrected chi connectivity index (χ1v) is 13.2. The van der Waals surface area contributed by atoms with E-state index in [1.807, 2.05) is 6.92 Å². The average Bonchev–Trinajstić information content (AvgIpc) is 3.15. The SMILES string of the molecule is C#C[C@H](OC(=O)CCCC)[C@@H]1O[C@H](CCCCC(=O)O)[C@@H](CCCCC(=O)O)[C@H]1CCCCC(=O)O. The van der Waals surface area contributed by atoms with Gasteiger partial charge in [0.15, 0.2) is 6.10 Å². The minimum absolute atomic E-state index is 0.0312. The van der Waals surface area contributed by atoms with Gasteiger partial charge in [-0.2, -0.15) is 0 Å². The number of hydrogen-bond acceptors (Lipinski definition) is 6. The van der Waals surface area contributed by atoms with Gasteiger partial charge in [0, 0.05) is 25.7 Å². The number of carbonyl (C=O) groups excluding carboxylic acids is 1. The van der Waals surface area contributed by atoms with Crippen molar-refractivity contribution in [2.75, 3.05) is 0 Å². The van der Waals surface area contributed by atoms with Crippen LogP contribution in [0.15, 0.2) is 0 Å². The summed E-state index contributed by atoms with van der Waals surface area (Å²) in [5.74, 6) is -0.408. The van der Waals surface area contributed by atoms with Gasteiger partial charge in [-0.25, -0.2) is 0 Å². The van der Waals surface area contributed by atoms with Crippen LogP contribution in [0.5, 0.6) is 0 Å². The van der Waals surface area contributed by atoms with Gasteiger partial charge in [-0.1, -0.05) is 38.5 Å². The molecule has 0 unspecified atom stereocenters. The second-order valence-electron chi connectivity index (χ2n) is 9.57. The molecular weight excluding hydrogens is 468 g/mol. The van der Waals surface area contributed by atoms with Gasteiger partial charge in [-0.15, -0.1) is 6.42 Å². The third-order valence-electron chi connectivity index (χ3n) is 6.72. The summed E-state index contributed by atoms with van der Waals surface area (Å²) in [6.45, 7) is 1.98. The van der Waals surface area contributed by atoms with Crippen molar-refractivity contribution in [3.8, 4) is 12.3 Å². The maximum atomic E-state index is 12.3. The maximum Gasteiger partial charge on any atom is 0.307 e. The topological polar surface area (TPSA) is 147 Å². The van der Waals surface area contributed by atoms with Crippen LogP contribution in [0.1, 0.15) is 103 Å². The summed E-state index contributed by atoms with van der Waals surface area (Å²) in [7, 11) is 0. The van der Waals surface area contributed by atoms with E-state index in [0.717, 1.165) is 6.42 Å². The second kappa shape index (κ2) is 17.8. The van der Waals surface area contributed by atoms with Gasteiger partial charge in [-0.3, -0.25) is 19.2 Å². The largest absolute Gasteiger partial charge is 0.481 e. The number of aliphatic carboxylic acids is 3. The molecule has 0 bridgehead atoms. The highest BCUT2D eigenvalue weighted by Gasteiger charge is 2.47. The van der Waals surface area contributed by atoms with Crippen LogP contribution in [0.25, 0.3) is 0 Å². The van der Waals surface area contributed by atoms with Crippen molar-refractivity contribution in [1.82, 2.24) is 0 Å². The van der Waals surface area contributed by atoms with Gasteiger partial charge in [0.2, 0.25) is 0 Å². The van der Waals surface area contributed by atoms with Crippen LogP contribution in [0, 0.1) is 24.2 Å². The first-order valence-electron chi connectivity index (χ1n) is 13.2. The van der Waals surface area contributed by atoms with E-state index in [1.54, 1.807) is 0 Å². The van der Waals surface area contributed by atoms with E-state index in [4.69, 9.17) is 31.2 Å². The standard InChI is InChI=1S/C27H42O9/c1-3-5-18-26(34)35-21(4-2)27-20(13-7-10-16-24(30)31)19(12-6-9-15-23(28)29)22(36-27)14-8-11-17-25(32)33/h2,19-22,27H,3,5-18H2,1H3,(H,28,29)(H,30,31)(H,32,33)/t19-,20+,21-,22+,27+/m0/s1. The second-order valence-corrected chi connectivity index (χ2v) is 9.57. The molecule has 1 heterocycles. The molecule has 1 rings (SSSR count). The summed E-state index contributed by atoms with van der Waals surface area (Å²) < 4.78 is 12.0. The van der Waals surface area contributed by atoms with Crippen molar-refractivity contribution in [1.29, 1.82) is 0 Å². The van der Waals surface area contributed by atoms with Gasteiger partial charge in [0.25, 0.3) is 0 Å². The minimum Gasteiger partial charge on any atom is -0.481 e. The number of ether oxygens (including phenoxy) is 2. The number of carbonyl (C=O) groups is 4. The van der Waals surface area contributed by atoms with Gasteiger partial charge in [-0.05, 0) is 56.8 Å². The lowest BCUT2D eigenvalue weighted by atomic mass is 9.78. The van der Waals surface area contributed by atoms with Gasteiger partial charge in [0.1, 0.15) is 6.10 Å². The van der Waals surface area contributed by atoms with Crippen molar-refractivity contribution in [2.24, 2.45) is 11.8 Å². The molecule has 1 aliphatic heterocycles. The molecule has 0 aromatic heterocycles. The van der Waals surface area contributed by atoms with Gasteiger partial charge in [0.05, 0.1) is 6.10 Å². The number of terminal acetylenes is 1. The van der Waals surface area contributed by atoms with Crippen LogP contribution in [-0.4, -0.2) is 57.5 Å². The van der Waals surface area contributed by atoms with E-state index in [9.17, 15) is 19.2 Å². The highest BCUT2D eigenvalue weighted by atomic mass is 16.6. The summed E-state index contributed by atoms with van der Waals surface area (Å²) in [5.41, 5.74) is 0. The predicted molar refractivity (Wildman–Crippen MR) is 132 cm³/mol. The molecule has 9 heteroatoms. The van der Waals surface area contributed by atoms with Crippen molar-refractivity contribution in [3.63, 3.8) is 0 Å². The Morgan fingerprint density at radius 2 is 1.28 bits per heavy atom. The number of carboxylic acid groups (broad SMARTS) is 3.